The molecule has 0 saturated carbocycles. The quantitative estimate of drug-likeness (QED) is 0.757. The van der Waals surface area contributed by atoms with Crippen molar-refractivity contribution < 1.29 is 18.4 Å². The highest BCUT2D eigenvalue weighted by Crippen LogP contribution is 2.33. The number of anilines is 1. The van der Waals surface area contributed by atoms with Gasteiger partial charge in [-0.2, -0.15) is 0 Å². The van der Waals surface area contributed by atoms with E-state index in [1.807, 2.05) is 35.2 Å². The summed E-state index contributed by atoms with van der Waals surface area (Å²) in [6, 6.07) is 9.08. The highest BCUT2D eigenvalue weighted by Gasteiger charge is 2.32. The molecule has 2 amide bonds. The Bertz CT molecular complexity index is 930. The van der Waals surface area contributed by atoms with E-state index in [1.165, 1.54) is 0 Å². The highest BCUT2D eigenvalue weighted by atomic mass is 16.5. The number of likely N-dealkylation sites (tertiary alicyclic amines) is 1. The van der Waals surface area contributed by atoms with E-state index in [4.69, 9.17) is 13.6 Å². The summed E-state index contributed by atoms with van der Waals surface area (Å²) >= 11 is 0. The van der Waals surface area contributed by atoms with Gasteiger partial charge in [-0.25, -0.2) is 9.78 Å². The maximum Gasteiger partial charge on any atom is 0.322 e. The Morgan fingerprint density at radius 2 is 2.23 bits per heavy atom. The van der Waals surface area contributed by atoms with E-state index >= 15 is 0 Å². The number of amides is 2. The molecule has 0 bridgehead atoms. The zero-order chi connectivity index (χ0) is 18.1. The molecule has 0 radical (unpaired) electrons. The van der Waals surface area contributed by atoms with E-state index in [2.05, 4.69) is 10.3 Å². The number of hydrogen-bond donors (Lipinski definition) is 1. The molecule has 2 aromatic heterocycles. The summed E-state index contributed by atoms with van der Waals surface area (Å²) in [7, 11) is 1.63. The van der Waals surface area contributed by atoms with Crippen LogP contribution in [0.25, 0.3) is 11.1 Å². The van der Waals surface area contributed by atoms with Gasteiger partial charge in [0, 0.05) is 26.3 Å². The number of rotatable bonds is 4. The molecule has 7 heteroatoms. The van der Waals surface area contributed by atoms with Crippen molar-refractivity contribution in [2.75, 3.05) is 19.0 Å². The monoisotopic (exact) mass is 355 g/mol. The lowest BCUT2D eigenvalue weighted by atomic mass is 10.2. The number of urea groups is 1. The molecule has 1 saturated heterocycles. The Morgan fingerprint density at radius 3 is 3.08 bits per heavy atom. The third-order valence-electron chi connectivity index (χ3n) is 4.56. The fraction of sp³-hybridized carbons (Fsp3) is 0.368. The van der Waals surface area contributed by atoms with Crippen LogP contribution in [0.4, 0.5) is 10.5 Å². The third-order valence-corrected chi connectivity index (χ3v) is 4.56. The predicted molar refractivity (Wildman–Crippen MR) is 95.9 cm³/mol. The number of nitrogens with zero attached hydrogens (tertiary/aromatic N) is 2. The van der Waals surface area contributed by atoms with Gasteiger partial charge in [-0.1, -0.05) is 0 Å². The van der Waals surface area contributed by atoms with Crippen molar-refractivity contribution in [3.05, 3.63) is 47.7 Å². The minimum atomic E-state index is -0.142. The second-order valence-corrected chi connectivity index (χ2v) is 6.43. The number of hydrogen-bond acceptors (Lipinski definition) is 5. The molecule has 0 aliphatic carbocycles. The topological polar surface area (TPSA) is 80.7 Å². The van der Waals surface area contributed by atoms with Crippen LogP contribution in [0.5, 0.6) is 0 Å². The normalized spacial score (nSPS) is 17.2. The number of fused-ring (bicyclic) bond motifs is 1. The van der Waals surface area contributed by atoms with Gasteiger partial charge in [0.05, 0.1) is 6.04 Å². The predicted octanol–water partition coefficient (Wildman–Crippen LogP) is 4.24. The Hall–Kier alpha value is -2.80. The summed E-state index contributed by atoms with van der Waals surface area (Å²) in [5.74, 6) is 2.17. The number of ether oxygens (including phenoxy) is 1. The second-order valence-electron chi connectivity index (χ2n) is 6.43. The van der Waals surface area contributed by atoms with Crippen LogP contribution < -0.4 is 5.32 Å². The van der Waals surface area contributed by atoms with Crippen LogP contribution in [-0.4, -0.2) is 29.6 Å². The molecule has 1 N–H and O–H groups in total. The summed E-state index contributed by atoms with van der Waals surface area (Å²) in [6.45, 7) is 2.92. The zero-order valence-corrected chi connectivity index (χ0v) is 14.8. The highest BCUT2D eigenvalue weighted by molar-refractivity contribution is 5.92. The van der Waals surface area contributed by atoms with Crippen molar-refractivity contribution in [3.8, 4) is 0 Å². The standard InChI is InChI=1S/C19H21N3O4/c1-12-20-15-10-13(5-7-17(15)25-12)21-19(23)22-9-3-4-16(22)18-8-6-14(26-18)11-24-2/h5-8,10,16H,3-4,9,11H2,1-2H3,(H,21,23). The number of aromatic nitrogens is 1. The Kier molecular flexibility index (Phi) is 4.38. The number of furan rings is 1. The maximum absolute atomic E-state index is 12.8. The number of methoxy groups -OCH3 is 1. The van der Waals surface area contributed by atoms with E-state index in [9.17, 15) is 4.79 Å². The molecule has 0 spiro atoms. The number of carbonyl (C=O) groups excluding carboxylic acids is 1. The second kappa shape index (κ2) is 6.84. The molecule has 1 fully saturated rings. The molecule has 7 nitrogen and oxygen atoms in total. The summed E-state index contributed by atoms with van der Waals surface area (Å²) < 4.78 is 16.4. The first-order valence-corrected chi connectivity index (χ1v) is 8.66. The summed E-state index contributed by atoms with van der Waals surface area (Å²) in [6.07, 6.45) is 1.83. The number of nitrogens with one attached hydrogen (secondary N) is 1. The molecule has 136 valence electrons. The Labute approximate surface area is 150 Å². The van der Waals surface area contributed by atoms with Gasteiger partial charge >= 0.3 is 6.03 Å². The van der Waals surface area contributed by atoms with Gasteiger partial charge in [-0.3, -0.25) is 0 Å². The molecule has 4 rings (SSSR count). The summed E-state index contributed by atoms with van der Waals surface area (Å²) in [5.41, 5.74) is 2.13. The minimum Gasteiger partial charge on any atom is -0.461 e. The SMILES string of the molecule is COCc1ccc(C2CCCN2C(=O)Nc2ccc3oc(C)nc3c2)o1. The molecular formula is C19H21N3O4. The fourth-order valence-corrected chi connectivity index (χ4v) is 3.41. The fourth-order valence-electron chi connectivity index (χ4n) is 3.41. The first-order valence-electron chi connectivity index (χ1n) is 8.66. The van der Waals surface area contributed by atoms with Crippen LogP contribution in [-0.2, 0) is 11.3 Å². The van der Waals surface area contributed by atoms with Crippen LogP contribution in [0.3, 0.4) is 0 Å². The van der Waals surface area contributed by atoms with E-state index in [-0.39, 0.29) is 12.1 Å². The zero-order valence-electron chi connectivity index (χ0n) is 14.8. The van der Waals surface area contributed by atoms with Crippen LogP contribution >= 0.6 is 0 Å². The smallest absolute Gasteiger partial charge is 0.322 e. The number of oxazole rings is 1. The van der Waals surface area contributed by atoms with Crippen LogP contribution in [0.1, 0.15) is 36.3 Å². The van der Waals surface area contributed by atoms with E-state index < -0.39 is 0 Å². The average molecular weight is 355 g/mol. The first-order chi connectivity index (χ1) is 12.6. The number of carbonyl (C=O) groups is 1. The van der Waals surface area contributed by atoms with Gasteiger partial charge in [0.15, 0.2) is 11.5 Å². The largest absolute Gasteiger partial charge is 0.461 e. The lowest BCUT2D eigenvalue weighted by Crippen LogP contribution is -2.34. The van der Waals surface area contributed by atoms with Crippen LogP contribution in [0.15, 0.2) is 39.2 Å². The molecule has 1 aliphatic rings. The van der Waals surface area contributed by atoms with Gasteiger partial charge < -0.3 is 23.8 Å². The Balaban J connectivity index is 1.50. The van der Waals surface area contributed by atoms with Gasteiger partial charge in [-0.15, -0.1) is 0 Å². The number of aryl methyl sites for hydroxylation is 1. The van der Waals surface area contributed by atoms with Gasteiger partial charge in [0.1, 0.15) is 23.6 Å². The molecule has 3 heterocycles. The van der Waals surface area contributed by atoms with Crippen molar-refractivity contribution in [1.29, 1.82) is 0 Å². The average Bonchev–Trinajstić information content (AvgIpc) is 3.32. The van der Waals surface area contributed by atoms with Gasteiger partial charge in [0.25, 0.3) is 0 Å². The molecule has 1 unspecified atom stereocenters. The van der Waals surface area contributed by atoms with E-state index in [0.717, 1.165) is 29.9 Å². The van der Waals surface area contributed by atoms with E-state index in [0.29, 0.717) is 30.3 Å². The van der Waals surface area contributed by atoms with Crippen LogP contribution in [0, 0.1) is 6.92 Å². The Morgan fingerprint density at radius 1 is 1.35 bits per heavy atom. The molecule has 3 aromatic rings. The van der Waals surface area contributed by atoms with Crippen molar-refractivity contribution in [1.82, 2.24) is 9.88 Å². The molecule has 1 atom stereocenters. The first kappa shape index (κ1) is 16.7. The van der Waals surface area contributed by atoms with Crippen LogP contribution in [0.2, 0.25) is 0 Å². The van der Waals surface area contributed by atoms with Gasteiger partial charge in [0.2, 0.25) is 0 Å². The van der Waals surface area contributed by atoms with Gasteiger partial charge in [-0.05, 0) is 43.2 Å². The molecule has 1 aliphatic heterocycles. The lowest BCUT2D eigenvalue weighted by Gasteiger charge is -2.23. The minimum absolute atomic E-state index is 0.0568. The molecule has 1 aromatic carbocycles. The molecular weight excluding hydrogens is 334 g/mol. The molecule has 26 heavy (non-hydrogen) atoms. The van der Waals surface area contributed by atoms with Crippen molar-refractivity contribution in [2.24, 2.45) is 0 Å². The summed E-state index contributed by atoms with van der Waals surface area (Å²) in [5, 5.41) is 2.96. The third kappa shape index (κ3) is 3.17. The lowest BCUT2D eigenvalue weighted by molar-refractivity contribution is 0.157. The van der Waals surface area contributed by atoms with Crippen molar-refractivity contribution in [3.63, 3.8) is 0 Å². The van der Waals surface area contributed by atoms with E-state index in [1.54, 1.807) is 14.0 Å². The van der Waals surface area contributed by atoms with Crippen molar-refractivity contribution >= 4 is 22.8 Å². The number of benzene rings is 1. The maximum atomic E-state index is 12.8. The van der Waals surface area contributed by atoms with Crippen molar-refractivity contribution in [2.45, 2.75) is 32.4 Å². The summed E-state index contributed by atoms with van der Waals surface area (Å²) in [4.78, 5) is 18.9.